The van der Waals surface area contributed by atoms with E-state index in [9.17, 15) is 18.0 Å². The molecular weight excluding hydrogens is 380 g/mol. The summed E-state index contributed by atoms with van der Waals surface area (Å²) in [6.07, 6.45) is 0. The number of carbonyl (C=O) groups excluding carboxylic acids is 2. The van der Waals surface area contributed by atoms with Crippen LogP contribution in [0.4, 0.5) is 11.4 Å². The molecule has 28 heavy (non-hydrogen) atoms. The summed E-state index contributed by atoms with van der Waals surface area (Å²) in [5.74, 6) is -0.565. The van der Waals surface area contributed by atoms with Gasteiger partial charge in [-0.3, -0.25) is 9.59 Å². The molecule has 9 heteroatoms. The Bertz CT molecular complexity index is 973. The summed E-state index contributed by atoms with van der Waals surface area (Å²) < 4.78 is 25.6. The van der Waals surface area contributed by atoms with E-state index in [0.717, 1.165) is 4.31 Å². The number of sulfonamides is 1. The van der Waals surface area contributed by atoms with Crippen molar-refractivity contribution in [3.8, 4) is 0 Å². The van der Waals surface area contributed by atoms with Gasteiger partial charge in [0.15, 0.2) is 0 Å². The molecule has 2 rings (SSSR count). The molecule has 0 aliphatic heterocycles. The molecule has 0 bridgehead atoms. The van der Waals surface area contributed by atoms with Gasteiger partial charge >= 0.3 is 0 Å². The lowest BCUT2D eigenvalue weighted by atomic mass is 10.1. The van der Waals surface area contributed by atoms with Gasteiger partial charge in [0.05, 0.1) is 4.90 Å². The number of anilines is 2. The highest BCUT2D eigenvalue weighted by molar-refractivity contribution is 7.89. The monoisotopic (exact) mass is 404 g/mol. The molecule has 1 atom stereocenters. The Kier molecular flexibility index (Phi) is 6.76. The van der Waals surface area contributed by atoms with Gasteiger partial charge in [0.25, 0.3) is 5.91 Å². The number of nitrogens with zero attached hydrogens (tertiary/aromatic N) is 1. The van der Waals surface area contributed by atoms with Gasteiger partial charge in [-0.15, -0.1) is 0 Å². The first-order valence-electron chi connectivity index (χ1n) is 8.57. The minimum absolute atomic E-state index is 0.0918. The van der Waals surface area contributed by atoms with E-state index in [1.807, 2.05) is 0 Å². The standard InChI is InChI=1S/C19H24N4O4S/c1-13(21-15-8-5-7-14(11-15)19(25)20-2)18(24)22-16-9-6-10-17(12-16)28(26,27)23(3)4/h5-13,21H,1-4H3,(H,20,25)(H,22,24)/t13-/m0/s1. The highest BCUT2D eigenvalue weighted by Gasteiger charge is 2.19. The Balaban J connectivity index is 2.10. The Morgan fingerprint density at radius 1 is 1.00 bits per heavy atom. The number of benzene rings is 2. The molecule has 0 fully saturated rings. The summed E-state index contributed by atoms with van der Waals surface area (Å²) >= 11 is 0. The summed E-state index contributed by atoms with van der Waals surface area (Å²) in [4.78, 5) is 24.3. The fourth-order valence-electron chi connectivity index (χ4n) is 2.41. The van der Waals surface area contributed by atoms with Gasteiger partial charge in [-0.05, 0) is 43.3 Å². The van der Waals surface area contributed by atoms with E-state index in [4.69, 9.17) is 0 Å². The topological polar surface area (TPSA) is 108 Å². The number of carbonyl (C=O) groups is 2. The maximum absolute atomic E-state index is 12.5. The van der Waals surface area contributed by atoms with Crippen molar-refractivity contribution >= 4 is 33.2 Å². The number of rotatable bonds is 7. The van der Waals surface area contributed by atoms with Crippen molar-refractivity contribution in [2.24, 2.45) is 0 Å². The highest BCUT2D eigenvalue weighted by Crippen LogP contribution is 2.18. The van der Waals surface area contributed by atoms with E-state index < -0.39 is 16.1 Å². The summed E-state index contributed by atoms with van der Waals surface area (Å²) in [6.45, 7) is 1.67. The Morgan fingerprint density at radius 2 is 1.64 bits per heavy atom. The third-order valence-corrected chi connectivity index (χ3v) is 5.82. The average molecular weight is 404 g/mol. The molecule has 0 heterocycles. The van der Waals surface area contributed by atoms with Crippen molar-refractivity contribution in [3.05, 3.63) is 54.1 Å². The largest absolute Gasteiger partial charge is 0.374 e. The molecule has 3 N–H and O–H groups in total. The Morgan fingerprint density at radius 3 is 2.29 bits per heavy atom. The molecular formula is C19H24N4O4S. The lowest BCUT2D eigenvalue weighted by molar-refractivity contribution is -0.116. The van der Waals surface area contributed by atoms with Crippen molar-refractivity contribution in [1.82, 2.24) is 9.62 Å². The highest BCUT2D eigenvalue weighted by atomic mass is 32.2. The summed E-state index contributed by atoms with van der Waals surface area (Å²) in [5, 5.41) is 8.27. The van der Waals surface area contributed by atoms with Crippen LogP contribution in [0.25, 0.3) is 0 Å². The second-order valence-corrected chi connectivity index (χ2v) is 8.48. The van der Waals surface area contributed by atoms with Gasteiger partial charge < -0.3 is 16.0 Å². The van der Waals surface area contributed by atoms with Gasteiger partial charge in [-0.1, -0.05) is 12.1 Å². The van der Waals surface area contributed by atoms with Crippen LogP contribution in [0.1, 0.15) is 17.3 Å². The van der Waals surface area contributed by atoms with Gasteiger partial charge in [-0.2, -0.15) is 0 Å². The third-order valence-electron chi connectivity index (χ3n) is 4.01. The number of hydrogen-bond acceptors (Lipinski definition) is 5. The van der Waals surface area contributed by atoms with E-state index in [1.165, 1.54) is 26.2 Å². The number of amides is 2. The maximum Gasteiger partial charge on any atom is 0.251 e. The van der Waals surface area contributed by atoms with Gasteiger partial charge in [0, 0.05) is 38.1 Å². The maximum atomic E-state index is 12.5. The van der Waals surface area contributed by atoms with Crippen LogP contribution in [-0.2, 0) is 14.8 Å². The van der Waals surface area contributed by atoms with E-state index in [0.29, 0.717) is 16.9 Å². The smallest absolute Gasteiger partial charge is 0.251 e. The van der Waals surface area contributed by atoms with Crippen LogP contribution < -0.4 is 16.0 Å². The predicted octanol–water partition coefficient (Wildman–Crippen LogP) is 1.74. The molecule has 0 spiro atoms. The van der Waals surface area contributed by atoms with E-state index in [2.05, 4.69) is 16.0 Å². The first-order valence-corrected chi connectivity index (χ1v) is 10.0. The summed E-state index contributed by atoms with van der Waals surface area (Å²) in [5.41, 5.74) is 1.47. The second-order valence-electron chi connectivity index (χ2n) is 6.33. The normalized spacial score (nSPS) is 12.3. The van der Waals surface area contributed by atoms with Crippen LogP contribution in [-0.4, -0.2) is 51.7 Å². The number of nitrogens with one attached hydrogen (secondary N) is 3. The Labute approximate surface area is 165 Å². The zero-order chi connectivity index (χ0) is 20.9. The zero-order valence-corrected chi connectivity index (χ0v) is 17.0. The molecule has 2 aromatic rings. The zero-order valence-electron chi connectivity index (χ0n) is 16.2. The molecule has 0 radical (unpaired) electrons. The predicted molar refractivity (Wildman–Crippen MR) is 109 cm³/mol. The molecule has 150 valence electrons. The van der Waals surface area contributed by atoms with Crippen molar-refractivity contribution < 1.29 is 18.0 Å². The SMILES string of the molecule is CNC(=O)c1cccc(N[C@@H](C)C(=O)Nc2cccc(S(=O)(=O)N(C)C)c2)c1. The van der Waals surface area contributed by atoms with E-state index in [1.54, 1.807) is 50.4 Å². The van der Waals surface area contributed by atoms with Crippen molar-refractivity contribution in [1.29, 1.82) is 0 Å². The number of hydrogen-bond donors (Lipinski definition) is 3. The van der Waals surface area contributed by atoms with Crippen LogP contribution in [0.5, 0.6) is 0 Å². The lowest BCUT2D eigenvalue weighted by Gasteiger charge is -2.17. The first kappa shape index (κ1) is 21.4. The van der Waals surface area contributed by atoms with Crippen LogP contribution >= 0.6 is 0 Å². The van der Waals surface area contributed by atoms with Gasteiger partial charge in [-0.25, -0.2) is 12.7 Å². The van der Waals surface area contributed by atoms with Crippen molar-refractivity contribution in [2.45, 2.75) is 17.9 Å². The quantitative estimate of drug-likeness (QED) is 0.651. The van der Waals surface area contributed by atoms with Crippen molar-refractivity contribution in [2.75, 3.05) is 31.8 Å². The Hall–Kier alpha value is -2.91. The summed E-state index contributed by atoms with van der Waals surface area (Å²) in [7, 11) is 0.842. The van der Waals surface area contributed by atoms with Crippen molar-refractivity contribution in [3.63, 3.8) is 0 Å². The van der Waals surface area contributed by atoms with Gasteiger partial charge in [0.1, 0.15) is 6.04 Å². The molecule has 8 nitrogen and oxygen atoms in total. The third kappa shape index (κ3) is 5.08. The van der Waals surface area contributed by atoms with Crippen LogP contribution in [0.3, 0.4) is 0 Å². The molecule has 0 aliphatic rings. The van der Waals surface area contributed by atoms with Crippen LogP contribution in [0.15, 0.2) is 53.4 Å². The minimum atomic E-state index is -3.59. The molecule has 0 unspecified atom stereocenters. The average Bonchev–Trinajstić information content (AvgIpc) is 2.67. The molecule has 0 saturated carbocycles. The lowest BCUT2D eigenvalue weighted by Crippen LogP contribution is -2.32. The van der Waals surface area contributed by atoms with Crippen LogP contribution in [0, 0.1) is 0 Å². The molecule has 0 saturated heterocycles. The van der Waals surface area contributed by atoms with Gasteiger partial charge in [0.2, 0.25) is 15.9 Å². The molecule has 2 aromatic carbocycles. The second kappa shape index (κ2) is 8.85. The minimum Gasteiger partial charge on any atom is -0.374 e. The molecule has 2 amide bonds. The summed E-state index contributed by atoms with van der Waals surface area (Å²) in [6, 6.07) is 12.2. The van der Waals surface area contributed by atoms with E-state index >= 15 is 0 Å². The fourth-order valence-corrected chi connectivity index (χ4v) is 3.35. The molecule has 0 aromatic heterocycles. The first-order chi connectivity index (χ1) is 13.1. The van der Waals surface area contributed by atoms with Crippen LogP contribution in [0.2, 0.25) is 0 Å². The fraction of sp³-hybridized carbons (Fsp3) is 0.263. The van der Waals surface area contributed by atoms with E-state index in [-0.39, 0.29) is 16.7 Å². The molecule has 0 aliphatic carbocycles.